The molecule has 150 valence electrons. The fraction of sp³-hybridized carbons (Fsp3) is 0.667. The van der Waals surface area contributed by atoms with Gasteiger partial charge in [-0.3, -0.25) is 9.69 Å². The average Bonchev–Trinajstić information content (AvgIpc) is 2.61. The molecule has 2 fully saturated rings. The van der Waals surface area contributed by atoms with Gasteiger partial charge in [-0.25, -0.2) is 0 Å². The highest BCUT2D eigenvalue weighted by molar-refractivity contribution is 8.16. The maximum atomic E-state index is 13.2. The summed E-state index contributed by atoms with van der Waals surface area (Å²) in [7, 11) is 0. The molecule has 2 aliphatic rings. The molecule has 1 aromatic rings. The van der Waals surface area contributed by atoms with Crippen LogP contribution in [-0.4, -0.2) is 53.7 Å². The van der Waals surface area contributed by atoms with Crippen LogP contribution >= 0.6 is 23.5 Å². The zero-order chi connectivity index (χ0) is 19.4. The predicted molar refractivity (Wildman–Crippen MR) is 118 cm³/mol. The monoisotopic (exact) mass is 408 g/mol. The molecular weight excluding hydrogens is 376 g/mol. The first-order valence-electron chi connectivity index (χ1n) is 9.97. The first kappa shape index (κ1) is 21.0. The molecule has 0 saturated carbocycles. The van der Waals surface area contributed by atoms with Gasteiger partial charge in [0.15, 0.2) is 0 Å². The van der Waals surface area contributed by atoms with Gasteiger partial charge >= 0.3 is 0 Å². The third-order valence-corrected chi connectivity index (χ3v) is 8.01. The van der Waals surface area contributed by atoms with Gasteiger partial charge in [-0.1, -0.05) is 26.0 Å². The Morgan fingerprint density at radius 2 is 1.85 bits per heavy atom. The Morgan fingerprint density at radius 3 is 2.48 bits per heavy atom. The lowest BCUT2D eigenvalue weighted by Gasteiger charge is -2.41. The molecule has 1 amide bonds. The van der Waals surface area contributed by atoms with Gasteiger partial charge < -0.3 is 10.1 Å². The summed E-state index contributed by atoms with van der Waals surface area (Å²) in [5, 5.41) is 3.19. The number of nitrogens with one attached hydrogen (secondary N) is 1. The Hall–Kier alpha value is -0.690. The molecule has 0 bridgehead atoms. The van der Waals surface area contributed by atoms with Crippen LogP contribution in [0.15, 0.2) is 24.3 Å². The maximum absolute atomic E-state index is 13.2. The van der Waals surface area contributed by atoms with Crippen LogP contribution < -0.4 is 5.32 Å². The van der Waals surface area contributed by atoms with Crippen molar-refractivity contribution in [1.29, 1.82) is 0 Å². The largest absolute Gasteiger partial charge is 0.373 e. The van der Waals surface area contributed by atoms with Crippen molar-refractivity contribution in [3.8, 4) is 0 Å². The minimum atomic E-state index is -0.138. The number of hydrogen-bond acceptors (Lipinski definition) is 5. The summed E-state index contributed by atoms with van der Waals surface area (Å²) in [4.78, 5) is 15.4. The third kappa shape index (κ3) is 5.66. The van der Waals surface area contributed by atoms with Gasteiger partial charge in [0.25, 0.3) is 0 Å². The van der Waals surface area contributed by atoms with E-state index < -0.39 is 0 Å². The van der Waals surface area contributed by atoms with Crippen LogP contribution in [-0.2, 0) is 9.53 Å². The van der Waals surface area contributed by atoms with Crippen molar-refractivity contribution in [2.45, 2.75) is 56.9 Å². The summed E-state index contributed by atoms with van der Waals surface area (Å²) in [5.41, 5.74) is 2.21. The summed E-state index contributed by atoms with van der Waals surface area (Å²) in [5.74, 6) is 2.77. The Kier molecular flexibility index (Phi) is 7.54. The van der Waals surface area contributed by atoms with Crippen LogP contribution in [0.1, 0.15) is 44.3 Å². The molecule has 3 rings (SSSR count). The number of carbonyl (C=O) groups excluding carboxylic acids is 1. The second-order valence-corrected chi connectivity index (χ2v) is 10.7. The van der Waals surface area contributed by atoms with Gasteiger partial charge in [-0.2, -0.15) is 0 Å². The van der Waals surface area contributed by atoms with Crippen LogP contribution in [0, 0.1) is 5.92 Å². The van der Waals surface area contributed by atoms with E-state index in [0.29, 0.717) is 4.58 Å². The van der Waals surface area contributed by atoms with Crippen LogP contribution in [0.3, 0.4) is 0 Å². The van der Waals surface area contributed by atoms with E-state index in [9.17, 15) is 4.79 Å². The Balaban J connectivity index is 1.70. The molecule has 27 heavy (non-hydrogen) atoms. The molecular formula is C21H32N2O2S2. The number of thioether (sulfide) groups is 2. The quantitative estimate of drug-likeness (QED) is 0.769. The molecule has 0 radical (unpaired) electrons. The van der Waals surface area contributed by atoms with Crippen LogP contribution in [0.25, 0.3) is 0 Å². The van der Waals surface area contributed by atoms with Crippen molar-refractivity contribution in [2.75, 3.05) is 29.9 Å². The number of anilines is 1. The number of ether oxygens (including phenoxy) is 1. The van der Waals surface area contributed by atoms with Crippen molar-refractivity contribution >= 4 is 35.1 Å². The summed E-state index contributed by atoms with van der Waals surface area (Å²) < 4.78 is 6.33. The van der Waals surface area contributed by atoms with E-state index in [2.05, 4.69) is 56.1 Å². The van der Waals surface area contributed by atoms with Crippen LogP contribution in [0.5, 0.6) is 0 Å². The second-order valence-electron chi connectivity index (χ2n) is 7.94. The van der Waals surface area contributed by atoms with E-state index in [-0.39, 0.29) is 30.1 Å². The number of nitrogens with zero attached hydrogens (tertiary/aromatic N) is 1. The number of benzene rings is 1. The molecule has 3 unspecified atom stereocenters. The highest BCUT2D eigenvalue weighted by Gasteiger charge is 2.34. The van der Waals surface area contributed by atoms with Crippen molar-refractivity contribution in [3.63, 3.8) is 0 Å². The summed E-state index contributed by atoms with van der Waals surface area (Å²) >= 11 is 4.01. The molecule has 2 aliphatic heterocycles. The maximum Gasteiger partial charge on any atom is 0.241 e. The van der Waals surface area contributed by atoms with Gasteiger partial charge in [-0.15, -0.1) is 23.5 Å². The molecule has 0 spiro atoms. The van der Waals surface area contributed by atoms with Gasteiger partial charge in [0.1, 0.15) is 0 Å². The number of amides is 1. The van der Waals surface area contributed by atoms with Crippen LogP contribution in [0.2, 0.25) is 0 Å². The van der Waals surface area contributed by atoms with E-state index in [1.807, 2.05) is 29.6 Å². The van der Waals surface area contributed by atoms with Crippen molar-refractivity contribution in [3.05, 3.63) is 29.8 Å². The molecule has 1 aromatic carbocycles. The Morgan fingerprint density at radius 1 is 1.19 bits per heavy atom. The molecule has 1 N–H and O–H groups in total. The summed E-state index contributed by atoms with van der Waals surface area (Å²) in [6, 6.07) is 8.25. The van der Waals surface area contributed by atoms with Crippen molar-refractivity contribution < 1.29 is 9.53 Å². The lowest BCUT2D eigenvalue weighted by molar-refractivity contribution is -0.130. The van der Waals surface area contributed by atoms with Crippen molar-refractivity contribution in [1.82, 2.24) is 4.90 Å². The van der Waals surface area contributed by atoms with E-state index in [1.165, 1.54) is 23.5 Å². The topological polar surface area (TPSA) is 41.6 Å². The van der Waals surface area contributed by atoms with Gasteiger partial charge in [0, 0.05) is 18.8 Å². The average molecular weight is 409 g/mol. The first-order chi connectivity index (χ1) is 12.9. The smallest absolute Gasteiger partial charge is 0.241 e. The second kappa shape index (κ2) is 9.68. The molecule has 3 atom stereocenters. The standard InChI is InChI=1S/C21H32N2O2S2/c1-14(2)19(23-12-15(3)25-16(4)13-23)20(24)22-18-8-5-7-17(11-18)21-26-9-6-10-27-21/h5,7-8,11,14-16,19,21H,6,9-10,12-13H2,1-4H3,(H,22,24). The third-order valence-electron chi connectivity index (χ3n) is 4.99. The normalized spacial score (nSPS) is 26.1. The summed E-state index contributed by atoms with van der Waals surface area (Å²) in [6.45, 7) is 10.0. The lowest BCUT2D eigenvalue weighted by Crippen LogP contribution is -2.55. The zero-order valence-corrected chi connectivity index (χ0v) is 18.4. The fourth-order valence-corrected chi connectivity index (χ4v) is 6.87. The lowest BCUT2D eigenvalue weighted by atomic mass is 9.99. The van der Waals surface area contributed by atoms with Crippen LogP contribution in [0.4, 0.5) is 5.69 Å². The van der Waals surface area contributed by atoms with Gasteiger partial charge in [0.2, 0.25) is 5.91 Å². The number of hydrogen-bond donors (Lipinski definition) is 1. The van der Waals surface area contributed by atoms with E-state index >= 15 is 0 Å². The first-order valence-corrected chi connectivity index (χ1v) is 12.1. The minimum Gasteiger partial charge on any atom is -0.373 e. The fourth-order valence-electron chi connectivity index (χ4n) is 3.99. The number of rotatable bonds is 5. The Labute approximate surface area is 172 Å². The predicted octanol–water partition coefficient (Wildman–Crippen LogP) is 4.63. The van der Waals surface area contributed by atoms with E-state index in [4.69, 9.17) is 4.74 Å². The van der Waals surface area contributed by atoms with E-state index in [1.54, 1.807) is 0 Å². The molecule has 0 aliphatic carbocycles. The Bertz CT molecular complexity index is 624. The highest BCUT2D eigenvalue weighted by atomic mass is 32.2. The molecule has 6 heteroatoms. The minimum absolute atomic E-state index is 0.0902. The molecule has 2 saturated heterocycles. The molecule has 4 nitrogen and oxygen atoms in total. The number of morpholine rings is 1. The highest BCUT2D eigenvalue weighted by Crippen LogP contribution is 2.44. The SMILES string of the molecule is CC1CN(C(C(=O)Nc2cccc(C3SCCCS3)c2)C(C)C)CC(C)O1. The van der Waals surface area contributed by atoms with E-state index in [0.717, 1.165) is 18.8 Å². The number of carbonyl (C=O) groups is 1. The summed E-state index contributed by atoms with van der Waals surface area (Å²) in [6.07, 6.45) is 1.60. The molecule has 0 aromatic heterocycles. The molecule has 2 heterocycles. The van der Waals surface area contributed by atoms with Gasteiger partial charge in [-0.05, 0) is 55.4 Å². The van der Waals surface area contributed by atoms with Gasteiger partial charge in [0.05, 0.1) is 22.8 Å². The van der Waals surface area contributed by atoms with Crippen molar-refractivity contribution in [2.24, 2.45) is 5.92 Å². The zero-order valence-electron chi connectivity index (χ0n) is 16.8.